The second-order valence-corrected chi connectivity index (χ2v) is 8.97. The van der Waals surface area contributed by atoms with Gasteiger partial charge in [-0.1, -0.05) is 30.3 Å². The maximum atomic E-state index is 11.4. The molecule has 0 aliphatic carbocycles. The highest BCUT2D eigenvalue weighted by Gasteiger charge is 2.20. The predicted octanol–water partition coefficient (Wildman–Crippen LogP) is 5.46. The van der Waals surface area contributed by atoms with Gasteiger partial charge in [-0.3, -0.25) is 4.90 Å². The molecule has 0 unspecified atom stereocenters. The van der Waals surface area contributed by atoms with E-state index in [2.05, 4.69) is 34.1 Å². The third kappa shape index (κ3) is 3.45. The Balaban J connectivity index is 1.19. The number of carboxylic acids is 1. The van der Waals surface area contributed by atoms with Gasteiger partial charge in [0.05, 0.1) is 11.1 Å². The van der Waals surface area contributed by atoms with E-state index < -0.39 is 5.97 Å². The smallest absolute Gasteiger partial charge is 0.337 e. The highest BCUT2D eigenvalue weighted by atomic mass is 32.1. The van der Waals surface area contributed by atoms with Gasteiger partial charge in [0.25, 0.3) is 0 Å². The summed E-state index contributed by atoms with van der Waals surface area (Å²) in [5.41, 5.74) is 3.87. The van der Waals surface area contributed by atoms with E-state index >= 15 is 0 Å². The monoisotopic (exact) mass is 404 g/mol. The summed E-state index contributed by atoms with van der Waals surface area (Å²) >= 11 is 1.95. The van der Waals surface area contributed by atoms with Crippen molar-refractivity contribution >= 4 is 38.3 Å². The first-order valence-corrected chi connectivity index (χ1v) is 11.1. The number of nitrogens with one attached hydrogen (secondary N) is 1. The Morgan fingerprint density at radius 3 is 2.86 bits per heavy atom. The second-order valence-electron chi connectivity index (χ2n) is 7.83. The van der Waals surface area contributed by atoms with E-state index in [-0.39, 0.29) is 0 Å². The quantitative estimate of drug-likeness (QED) is 0.420. The summed E-state index contributed by atoms with van der Waals surface area (Å²) in [4.78, 5) is 18.7. The topological polar surface area (TPSA) is 56.3 Å². The number of benzene rings is 2. The molecular weight excluding hydrogens is 380 g/mol. The van der Waals surface area contributed by atoms with Gasteiger partial charge in [0.1, 0.15) is 0 Å². The lowest BCUT2D eigenvalue weighted by atomic mass is 10.0. The zero-order valence-electron chi connectivity index (χ0n) is 16.3. The molecule has 4 aromatic rings. The number of hydrogen-bond donors (Lipinski definition) is 2. The molecule has 2 aromatic heterocycles. The maximum absolute atomic E-state index is 11.4. The number of unbranched alkanes of at least 4 members (excludes halogenated alkanes) is 1. The van der Waals surface area contributed by atoms with Crippen molar-refractivity contribution in [1.82, 2.24) is 9.88 Å². The summed E-state index contributed by atoms with van der Waals surface area (Å²) in [6, 6.07) is 14.3. The van der Waals surface area contributed by atoms with Crippen molar-refractivity contribution in [3.8, 4) is 0 Å². The number of carbonyl (C=O) groups is 1. The summed E-state index contributed by atoms with van der Waals surface area (Å²) in [5, 5.41) is 11.8. The van der Waals surface area contributed by atoms with E-state index in [1.165, 1.54) is 20.5 Å². The molecule has 2 aromatic carbocycles. The first-order valence-electron chi connectivity index (χ1n) is 10.2. The molecule has 0 saturated carbocycles. The fourth-order valence-electron chi connectivity index (χ4n) is 4.54. The van der Waals surface area contributed by atoms with Crippen LogP contribution in [0.4, 0.5) is 0 Å². The zero-order valence-corrected chi connectivity index (χ0v) is 17.1. The van der Waals surface area contributed by atoms with Crippen LogP contribution in [0.3, 0.4) is 0 Å². The number of H-pyrrole nitrogens is 1. The minimum atomic E-state index is -0.880. The number of thiophene rings is 1. The van der Waals surface area contributed by atoms with Crippen LogP contribution in [0.5, 0.6) is 0 Å². The molecule has 0 amide bonds. The van der Waals surface area contributed by atoms with Gasteiger partial charge < -0.3 is 10.1 Å². The number of fused-ring (bicyclic) bond motifs is 4. The first kappa shape index (κ1) is 18.4. The summed E-state index contributed by atoms with van der Waals surface area (Å²) in [7, 11) is 0. The van der Waals surface area contributed by atoms with Crippen LogP contribution in [-0.2, 0) is 19.4 Å². The normalized spacial score (nSPS) is 14.5. The van der Waals surface area contributed by atoms with Crippen molar-refractivity contribution in [3.63, 3.8) is 0 Å². The van der Waals surface area contributed by atoms with Gasteiger partial charge in [-0.2, -0.15) is 0 Å². The summed E-state index contributed by atoms with van der Waals surface area (Å²) in [6.45, 7) is 3.34. The number of nitrogens with zero attached hydrogens (tertiary/aromatic N) is 1. The Bertz CT molecular complexity index is 1190. The Morgan fingerprint density at radius 2 is 1.97 bits per heavy atom. The molecule has 1 aliphatic rings. The van der Waals surface area contributed by atoms with E-state index in [9.17, 15) is 9.90 Å². The van der Waals surface area contributed by atoms with Gasteiger partial charge >= 0.3 is 5.97 Å². The number of para-hydroxylation sites is 1. The van der Waals surface area contributed by atoms with E-state index in [0.717, 1.165) is 56.2 Å². The molecule has 0 spiro atoms. The Hall–Kier alpha value is -2.63. The van der Waals surface area contributed by atoms with Crippen LogP contribution in [0.15, 0.2) is 48.7 Å². The van der Waals surface area contributed by atoms with Crippen LogP contribution in [0, 0.1) is 0 Å². The Kier molecular flexibility index (Phi) is 4.86. The lowest BCUT2D eigenvalue weighted by molar-refractivity contribution is 0.0699. The Morgan fingerprint density at radius 1 is 1.10 bits per heavy atom. The standard InChI is InChI=1S/C24H24N2O2S/c27-24(28)20-9-5-8-17-16(14-25-23(17)20)6-3-4-12-26-13-11-19-18-7-1-2-10-21(18)29-22(19)15-26/h1-2,5,7-10,14,25H,3-4,6,11-13,15H2,(H,27,28). The molecule has 2 N–H and O–H groups in total. The predicted molar refractivity (Wildman–Crippen MR) is 119 cm³/mol. The van der Waals surface area contributed by atoms with Crippen LogP contribution >= 0.6 is 11.3 Å². The number of rotatable bonds is 6. The molecule has 29 heavy (non-hydrogen) atoms. The molecule has 5 heteroatoms. The molecule has 3 heterocycles. The molecule has 148 valence electrons. The molecule has 0 bridgehead atoms. The minimum Gasteiger partial charge on any atom is -0.478 e. The molecule has 0 fully saturated rings. The molecular formula is C24H24N2O2S. The summed E-state index contributed by atoms with van der Waals surface area (Å²) < 4.78 is 1.42. The highest BCUT2D eigenvalue weighted by Crippen LogP contribution is 2.35. The van der Waals surface area contributed by atoms with Gasteiger partial charge in [0.2, 0.25) is 0 Å². The fraction of sp³-hybridized carbons (Fsp3) is 0.292. The third-order valence-corrected chi connectivity index (χ3v) is 7.23. The van der Waals surface area contributed by atoms with Gasteiger partial charge in [-0.25, -0.2) is 4.79 Å². The van der Waals surface area contributed by atoms with Crippen LogP contribution in [-0.4, -0.2) is 34.0 Å². The molecule has 0 atom stereocenters. The van der Waals surface area contributed by atoms with Crippen molar-refractivity contribution in [2.24, 2.45) is 0 Å². The van der Waals surface area contributed by atoms with Crippen LogP contribution in [0.2, 0.25) is 0 Å². The van der Waals surface area contributed by atoms with E-state index in [1.807, 2.05) is 29.7 Å². The Labute approximate surface area is 173 Å². The van der Waals surface area contributed by atoms with E-state index in [0.29, 0.717) is 5.56 Å². The molecule has 5 rings (SSSR count). The molecule has 0 saturated heterocycles. The van der Waals surface area contributed by atoms with Crippen LogP contribution < -0.4 is 0 Å². The second kappa shape index (κ2) is 7.65. The van der Waals surface area contributed by atoms with Crippen molar-refractivity contribution < 1.29 is 9.90 Å². The summed E-state index contributed by atoms with van der Waals surface area (Å²) in [6.07, 6.45) is 6.37. The van der Waals surface area contributed by atoms with Gasteiger partial charge in [0.15, 0.2) is 0 Å². The molecule has 4 nitrogen and oxygen atoms in total. The number of hydrogen-bond acceptors (Lipinski definition) is 3. The lowest BCUT2D eigenvalue weighted by Crippen LogP contribution is -2.30. The van der Waals surface area contributed by atoms with Crippen LogP contribution in [0.1, 0.15) is 39.2 Å². The van der Waals surface area contributed by atoms with Gasteiger partial charge in [-0.15, -0.1) is 11.3 Å². The van der Waals surface area contributed by atoms with Crippen LogP contribution in [0.25, 0.3) is 21.0 Å². The number of aromatic carboxylic acids is 1. The average Bonchev–Trinajstić information content (AvgIpc) is 3.31. The fourth-order valence-corrected chi connectivity index (χ4v) is 5.84. The lowest BCUT2D eigenvalue weighted by Gasteiger charge is -2.26. The highest BCUT2D eigenvalue weighted by molar-refractivity contribution is 7.19. The van der Waals surface area contributed by atoms with Gasteiger partial charge in [0, 0.05) is 34.2 Å². The maximum Gasteiger partial charge on any atom is 0.337 e. The number of aromatic nitrogens is 1. The van der Waals surface area contributed by atoms with Crippen molar-refractivity contribution in [2.75, 3.05) is 13.1 Å². The molecule has 1 aliphatic heterocycles. The summed E-state index contributed by atoms with van der Waals surface area (Å²) in [5.74, 6) is -0.880. The van der Waals surface area contributed by atoms with E-state index in [1.54, 1.807) is 11.6 Å². The number of carboxylic acid groups (broad SMARTS) is 1. The van der Waals surface area contributed by atoms with E-state index in [4.69, 9.17) is 0 Å². The third-order valence-electron chi connectivity index (χ3n) is 6.03. The zero-order chi connectivity index (χ0) is 19.8. The average molecular weight is 405 g/mol. The number of aromatic amines is 1. The van der Waals surface area contributed by atoms with Gasteiger partial charge in [-0.05, 0) is 60.9 Å². The minimum absolute atomic E-state index is 0.348. The van der Waals surface area contributed by atoms with Crippen molar-refractivity contribution in [2.45, 2.75) is 32.2 Å². The molecule has 0 radical (unpaired) electrons. The first-order chi connectivity index (χ1) is 14.2. The SMILES string of the molecule is O=C(O)c1cccc2c(CCCCN3CCc4c(sc5ccccc45)C3)c[nH]c12. The largest absolute Gasteiger partial charge is 0.478 e. The van der Waals surface area contributed by atoms with Crippen molar-refractivity contribution in [1.29, 1.82) is 0 Å². The number of aryl methyl sites for hydroxylation is 1. The van der Waals surface area contributed by atoms with Crippen molar-refractivity contribution in [3.05, 3.63) is 70.2 Å².